The highest BCUT2D eigenvalue weighted by Crippen LogP contribution is 2.18. The first-order valence-electron chi connectivity index (χ1n) is 20.4. The van der Waals surface area contributed by atoms with E-state index in [2.05, 4.69) is 61.8 Å². The van der Waals surface area contributed by atoms with E-state index in [0.29, 0.717) is 38.8 Å². The Hall–Kier alpha value is -7.08. The molecule has 0 aliphatic rings. The van der Waals surface area contributed by atoms with E-state index >= 15 is 0 Å². The van der Waals surface area contributed by atoms with Crippen molar-refractivity contribution in [2.24, 2.45) is 9.98 Å². The molecule has 3 aromatic rings. The highest BCUT2D eigenvalue weighted by Gasteiger charge is 2.23. The van der Waals surface area contributed by atoms with Gasteiger partial charge in [-0.15, -0.1) is 0 Å². The number of amides is 6. The van der Waals surface area contributed by atoms with Gasteiger partial charge in [-0.1, -0.05) is 47.5 Å². The molecule has 1 aromatic carbocycles. The summed E-state index contributed by atoms with van der Waals surface area (Å²) in [7, 11) is 0. The summed E-state index contributed by atoms with van der Waals surface area (Å²) < 4.78 is 10.5. The van der Waals surface area contributed by atoms with Gasteiger partial charge in [0.1, 0.15) is 11.2 Å². The lowest BCUT2D eigenvalue weighted by Crippen LogP contribution is -2.46. The van der Waals surface area contributed by atoms with Crippen LogP contribution >= 0.6 is 23.2 Å². The van der Waals surface area contributed by atoms with E-state index in [-0.39, 0.29) is 94.6 Å². The number of carbonyl (C=O) groups excluding carboxylic acids is 6. The number of rotatable bonds is 16. The van der Waals surface area contributed by atoms with Gasteiger partial charge < -0.3 is 43.0 Å². The molecule has 6 amide bonds. The van der Waals surface area contributed by atoms with Crippen molar-refractivity contribution in [1.82, 2.24) is 51.8 Å². The number of benzene rings is 1. The van der Waals surface area contributed by atoms with Crippen molar-refractivity contribution >= 4 is 94.2 Å². The van der Waals surface area contributed by atoms with Crippen LogP contribution in [0.2, 0.25) is 10.3 Å². The third-order valence-corrected chi connectivity index (χ3v) is 8.60. The van der Waals surface area contributed by atoms with E-state index in [9.17, 15) is 28.8 Å². The standard InChI is InChI=1S/C40H56Cl2N16O8/c1-39(2,3)65-37(63)57-35(55-33(61)25-29(43)53-31(45)27(41)51-25)49-17-9-7-15-47-23(59)19-21-11-13-22(14-12-21)20-24(60)48-16-8-10-18-50-36(58-38(64)66-40(4,5)6)56-34(62)26-30(44)54-32(46)28(42)52-26/h11-14H,7-10,15-20H2,1-6H3,(H,47,59)(H,48,60)(H4,43,45,53)(H4,44,46,54)(H2,49,55,57,61,63)(H2,50,56,58,62,64). The van der Waals surface area contributed by atoms with Gasteiger partial charge in [0.05, 0.1) is 12.8 Å². The van der Waals surface area contributed by atoms with Crippen LogP contribution in [0.25, 0.3) is 0 Å². The van der Waals surface area contributed by atoms with Crippen molar-refractivity contribution in [1.29, 1.82) is 0 Å². The molecular formula is C40H56Cl2N16O8. The molecule has 358 valence electrons. The Morgan fingerprint density at radius 2 is 0.894 bits per heavy atom. The fraction of sp³-hybridized carbons (Fsp3) is 0.450. The van der Waals surface area contributed by atoms with Gasteiger partial charge in [-0.3, -0.25) is 50.4 Å². The summed E-state index contributed by atoms with van der Waals surface area (Å²) in [4.78, 5) is 99.6. The number of halogens is 2. The fourth-order valence-electron chi connectivity index (χ4n) is 5.15. The number of hydrogen-bond acceptors (Lipinski definition) is 18. The summed E-state index contributed by atoms with van der Waals surface area (Å²) in [6.07, 6.45) is 0.480. The summed E-state index contributed by atoms with van der Waals surface area (Å²) in [6.45, 7) is 11.0. The van der Waals surface area contributed by atoms with Gasteiger partial charge >= 0.3 is 12.2 Å². The van der Waals surface area contributed by atoms with Crippen LogP contribution in [0.3, 0.4) is 0 Å². The number of alkyl carbamates (subject to hydrolysis) is 2. The molecule has 14 N–H and O–H groups in total. The predicted molar refractivity (Wildman–Crippen MR) is 248 cm³/mol. The molecule has 0 saturated carbocycles. The van der Waals surface area contributed by atoms with Crippen LogP contribution in [0.4, 0.5) is 32.9 Å². The third-order valence-electron chi connectivity index (χ3n) is 8.05. The number of guanidine groups is 2. The first-order chi connectivity index (χ1) is 30.9. The van der Waals surface area contributed by atoms with Crippen molar-refractivity contribution in [3.63, 3.8) is 0 Å². The van der Waals surface area contributed by atoms with Gasteiger partial charge in [-0.25, -0.2) is 29.5 Å². The van der Waals surface area contributed by atoms with E-state index in [4.69, 9.17) is 55.6 Å². The molecule has 66 heavy (non-hydrogen) atoms. The highest BCUT2D eigenvalue weighted by atomic mass is 35.5. The number of nitrogens with zero attached hydrogens (tertiary/aromatic N) is 6. The van der Waals surface area contributed by atoms with Crippen LogP contribution in [0.15, 0.2) is 34.3 Å². The Morgan fingerprint density at radius 1 is 0.545 bits per heavy atom. The average molecular weight is 960 g/mol. The molecule has 0 spiro atoms. The largest absolute Gasteiger partial charge is 0.444 e. The molecule has 0 atom stereocenters. The Balaban J connectivity index is 1.41. The monoisotopic (exact) mass is 958 g/mol. The number of nitrogens with two attached hydrogens (primary N) is 4. The van der Waals surface area contributed by atoms with Gasteiger partial charge in [-0.2, -0.15) is 0 Å². The molecule has 2 heterocycles. The Kier molecular flexibility index (Phi) is 20.0. The van der Waals surface area contributed by atoms with Crippen LogP contribution in [0, 0.1) is 0 Å². The van der Waals surface area contributed by atoms with Crippen LogP contribution in [-0.2, 0) is 31.9 Å². The van der Waals surface area contributed by atoms with E-state index in [1.54, 1.807) is 65.8 Å². The summed E-state index contributed by atoms with van der Waals surface area (Å²) in [6, 6.07) is 7.07. The zero-order valence-corrected chi connectivity index (χ0v) is 38.9. The first kappa shape index (κ1) is 53.3. The number of anilines is 4. The van der Waals surface area contributed by atoms with Gasteiger partial charge in [-0.05, 0) is 78.4 Å². The lowest BCUT2D eigenvalue weighted by Gasteiger charge is -2.20. The molecule has 0 saturated heterocycles. The van der Waals surface area contributed by atoms with Gasteiger partial charge in [0.15, 0.2) is 45.0 Å². The molecule has 0 fully saturated rings. The number of aliphatic imine (C=N–C) groups is 2. The van der Waals surface area contributed by atoms with Gasteiger partial charge in [0, 0.05) is 26.2 Å². The summed E-state index contributed by atoms with van der Waals surface area (Å²) in [5.74, 6) is -3.47. The van der Waals surface area contributed by atoms with E-state index in [1.165, 1.54) is 0 Å². The van der Waals surface area contributed by atoms with Crippen LogP contribution in [0.1, 0.15) is 99.3 Å². The van der Waals surface area contributed by atoms with Gasteiger partial charge in [0.25, 0.3) is 11.8 Å². The molecule has 0 radical (unpaired) electrons. The lowest BCUT2D eigenvalue weighted by atomic mass is 10.1. The van der Waals surface area contributed by atoms with Crippen LogP contribution in [-0.4, -0.2) is 105 Å². The van der Waals surface area contributed by atoms with Crippen molar-refractivity contribution < 1.29 is 38.2 Å². The summed E-state index contributed by atoms with van der Waals surface area (Å²) in [5.41, 5.74) is 21.9. The molecular weight excluding hydrogens is 903 g/mol. The number of nitrogens with one attached hydrogen (secondary N) is 6. The minimum atomic E-state index is -0.865. The summed E-state index contributed by atoms with van der Waals surface area (Å²) >= 11 is 11.8. The van der Waals surface area contributed by atoms with E-state index in [1.807, 2.05) is 0 Å². The number of unbranched alkanes of at least 4 members (excludes halogenated alkanes) is 2. The molecule has 3 rings (SSSR count). The van der Waals surface area contributed by atoms with Crippen LogP contribution in [0.5, 0.6) is 0 Å². The lowest BCUT2D eigenvalue weighted by molar-refractivity contribution is -0.121. The zero-order valence-electron chi connectivity index (χ0n) is 37.4. The molecule has 0 aliphatic carbocycles. The maximum Gasteiger partial charge on any atom is 0.414 e. The number of hydrogen-bond donors (Lipinski definition) is 10. The summed E-state index contributed by atoms with van der Waals surface area (Å²) in [5, 5.41) is 14.8. The number of carbonyl (C=O) groups is 6. The molecule has 26 heteroatoms. The third kappa shape index (κ3) is 19.8. The number of nitrogen functional groups attached to an aromatic ring is 4. The Bertz CT molecular complexity index is 2140. The van der Waals surface area contributed by atoms with Crippen molar-refractivity contribution in [2.75, 3.05) is 49.1 Å². The average Bonchev–Trinajstić information content (AvgIpc) is 3.19. The quantitative estimate of drug-likeness (QED) is 0.0560. The van der Waals surface area contributed by atoms with Gasteiger partial charge in [0.2, 0.25) is 23.7 Å². The topological polar surface area (TPSA) is 373 Å². The Labute approximate surface area is 390 Å². The fourth-order valence-corrected chi connectivity index (χ4v) is 5.41. The SMILES string of the molecule is CC(C)(C)OC(=O)NC(=NCCCCNC(=O)Cc1ccc(CC(=O)NCCCCN=C(NC(=O)OC(C)(C)C)NC(=O)c2nc(Cl)c(N)nc2N)cc1)NC(=O)c1nc(Cl)c(N)nc1N. The maximum absolute atomic E-state index is 12.9. The maximum atomic E-state index is 12.9. The number of ether oxygens (including phenoxy) is 2. The second-order valence-electron chi connectivity index (χ2n) is 16.2. The normalized spacial score (nSPS) is 11.8. The second-order valence-corrected chi connectivity index (χ2v) is 16.9. The van der Waals surface area contributed by atoms with Crippen molar-refractivity contribution in [2.45, 2.75) is 91.3 Å². The van der Waals surface area contributed by atoms with E-state index in [0.717, 1.165) is 11.1 Å². The Morgan fingerprint density at radius 3 is 1.23 bits per heavy atom. The zero-order chi connectivity index (χ0) is 49.2. The molecule has 24 nitrogen and oxygen atoms in total. The van der Waals surface area contributed by atoms with Crippen LogP contribution < -0.4 is 54.8 Å². The minimum absolute atomic E-state index is 0.112. The van der Waals surface area contributed by atoms with E-state index < -0.39 is 35.2 Å². The predicted octanol–water partition coefficient (Wildman–Crippen LogP) is 2.40. The van der Waals surface area contributed by atoms with Crippen molar-refractivity contribution in [3.05, 3.63) is 57.1 Å². The smallest absolute Gasteiger partial charge is 0.414 e. The number of aromatic nitrogens is 4. The minimum Gasteiger partial charge on any atom is -0.444 e. The molecule has 0 aliphatic heterocycles. The van der Waals surface area contributed by atoms with Crippen molar-refractivity contribution in [3.8, 4) is 0 Å². The molecule has 0 bridgehead atoms. The highest BCUT2D eigenvalue weighted by molar-refractivity contribution is 6.32. The molecule has 2 aromatic heterocycles. The second kappa shape index (κ2) is 24.8. The first-order valence-corrected chi connectivity index (χ1v) is 21.1. The molecule has 0 unspecified atom stereocenters.